The summed E-state index contributed by atoms with van der Waals surface area (Å²) in [6.45, 7) is 2.81. The van der Waals surface area contributed by atoms with Gasteiger partial charge in [0.15, 0.2) is 0 Å². The van der Waals surface area contributed by atoms with Crippen LogP contribution in [-0.2, 0) is 10.0 Å². The van der Waals surface area contributed by atoms with Gasteiger partial charge in [-0.3, -0.25) is 4.79 Å². The summed E-state index contributed by atoms with van der Waals surface area (Å²) in [6, 6.07) is 14.1. The zero-order valence-electron chi connectivity index (χ0n) is 16.4. The zero-order valence-corrected chi connectivity index (χ0v) is 18.0. The molecule has 0 radical (unpaired) electrons. The van der Waals surface area contributed by atoms with Gasteiger partial charge in [-0.2, -0.15) is 4.31 Å². The van der Waals surface area contributed by atoms with Crippen molar-refractivity contribution in [2.75, 3.05) is 26.2 Å². The van der Waals surface area contributed by atoms with Crippen LogP contribution in [0.2, 0.25) is 0 Å². The highest BCUT2D eigenvalue weighted by atomic mass is 32.2. The third kappa shape index (κ3) is 4.03. The zero-order chi connectivity index (χ0) is 21.3. The molecule has 1 aliphatic rings. The second-order valence-electron chi connectivity index (χ2n) is 7.12. The van der Waals surface area contributed by atoms with Crippen molar-refractivity contribution in [3.63, 3.8) is 0 Å². The van der Waals surface area contributed by atoms with Crippen molar-refractivity contribution in [3.8, 4) is 0 Å². The van der Waals surface area contributed by atoms with E-state index in [-0.39, 0.29) is 24.8 Å². The van der Waals surface area contributed by atoms with Crippen molar-refractivity contribution in [2.24, 2.45) is 0 Å². The van der Waals surface area contributed by atoms with Gasteiger partial charge in [0.05, 0.1) is 4.88 Å². The van der Waals surface area contributed by atoms with Gasteiger partial charge in [-0.15, -0.1) is 11.3 Å². The lowest BCUT2D eigenvalue weighted by Gasteiger charge is -2.33. The third-order valence-electron chi connectivity index (χ3n) is 5.22. The Balaban J connectivity index is 1.46. The highest BCUT2D eigenvalue weighted by Crippen LogP contribution is 2.33. The number of halogens is 1. The van der Waals surface area contributed by atoms with Gasteiger partial charge < -0.3 is 4.90 Å². The van der Waals surface area contributed by atoms with E-state index < -0.39 is 10.0 Å². The molecule has 3 aromatic rings. The Hall–Kier alpha value is -2.55. The van der Waals surface area contributed by atoms with E-state index in [1.54, 1.807) is 30.0 Å². The van der Waals surface area contributed by atoms with Gasteiger partial charge in [0, 0.05) is 41.7 Å². The fraction of sp³-hybridized carbons (Fsp3) is 0.227. The molecule has 1 fully saturated rings. The summed E-state index contributed by atoms with van der Waals surface area (Å²) < 4.78 is 41.5. The summed E-state index contributed by atoms with van der Waals surface area (Å²) in [7, 11) is -3.56. The van der Waals surface area contributed by atoms with Crippen LogP contribution in [0.1, 0.15) is 20.8 Å². The molecule has 0 bridgehead atoms. The van der Waals surface area contributed by atoms with E-state index in [4.69, 9.17) is 0 Å². The van der Waals surface area contributed by atoms with Crippen LogP contribution in [0.4, 0.5) is 4.39 Å². The first-order valence-corrected chi connectivity index (χ1v) is 11.9. The number of nitrogens with zero attached hydrogens (tertiary/aromatic N) is 2. The fourth-order valence-corrected chi connectivity index (χ4v) is 5.93. The predicted octanol–water partition coefficient (Wildman–Crippen LogP) is 4.11. The Labute approximate surface area is 179 Å². The molecular formula is C22H21FN2O3S2. The highest BCUT2D eigenvalue weighted by Gasteiger charge is 2.29. The fourth-order valence-electron chi connectivity index (χ4n) is 3.56. The predicted molar refractivity (Wildman–Crippen MR) is 118 cm³/mol. The van der Waals surface area contributed by atoms with Gasteiger partial charge in [0.2, 0.25) is 10.0 Å². The lowest BCUT2D eigenvalue weighted by Crippen LogP contribution is -2.50. The number of aryl methyl sites for hydroxylation is 1. The summed E-state index contributed by atoms with van der Waals surface area (Å²) in [6.07, 6.45) is 1.57. The minimum atomic E-state index is -3.56. The first kappa shape index (κ1) is 20.7. The van der Waals surface area contributed by atoms with E-state index in [2.05, 4.69) is 0 Å². The summed E-state index contributed by atoms with van der Waals surface area (Å²) in [5.74, 6) is -0.508. The van der Waals surface area contributed by atoms with E-state index in [1.807, 2.05) is 30.3 Å². The van der Waals surface area contributed by atoms with Crippen LogP contribution < -0.4 is 0 Å². The number of carbonyl (C=O) groups excluding carboxylic acids is 1. The smallest absolute Gasteiger partial charge is 0.264 e. The van der Waals surface area contributed by atoms with Gasteiger partial charge in [-0.05, 0) is 36.3 Å². The number of carbonyl (C=O) groups is 1. The number of fused-ring (bicyclic) bond motifs is 1. The third-order valence-corrected chi connectivity index (χ3v) is 8.03. The van der Waals surface area contributed by atoms with E-state index in [0.717, 1.165) is 10.3 Å². The molecule has 1 aliphatic heterocycles. The number of piperazine rings is 1. The molecule has 1 aromatic heterocycles. The van der Waals surface area contributed by atoms with E-state index >= 15 is 0 Å². The Morgan fingerprint density at radius 3 is 2.40 bits per heavy atom. The first-order chi connectivity index (χ1) is 14.4. The molecule has 2 heterocycles. The lowest BCUT2D eigenvalue weighted by molar-refractivity contribution is 0.0703. The molecule has 0 aliphatic carbocycles. The molecule has 1 saturated heterocycles. The van der Waals surface area contributed by atoms with Crippen LogP contribution in [0.3, 0.4) is 0 Å². The molecule has 156 valence electrons. The maximum atomic E-state index is 14.1. The molecule has 4 rings (SSSR count). The largest absolute Gasteiger partial charge is 0.335 e. The topological polar surface area (TPSA) is 57.7 Å². The minimum absolute atomic E-state index is 0.176. The summed E-state index contributed by atoms with van der Waals surface area (Å²) in [5, 5.41) is 1.69. The molecule has 0 N–H and O–H groups in total. The highest BCUT2D eigenvalue weighted by molar-refractivity contribution is 7.92. The minimum Gasteiger partial charge on any atom is -0.335 e. The number of benzene rings is 2. The van der Waals surface area contributed by atoms with Crippen LogP contribution >= 0.6 is 11.3 Å². The quantitative estimate of drug-likeness (QED) is 0.609. The Bertz CT molecular complexity index is 1210. The lowest BCUT2D eigenvalue weighted by atomic mass is 10.1. The standard InChI is InChI=1S/C22H21FN2O3S2/c1-16-20-18(23)8-5-9-19(20)29-21(16)22(26)24-11-13-25(14-12-24)30(27,28)15-10-17-6-3-2-4-7-17/h2-10,15H,11-14H2,1H3/b15-10+. The number of thiophene rings is 1. The van der Waals surface area contributed by atoms with Gasteiger partial charge in [0.1, 0.15) is 5.82 Å². The Kier molecular flexibility index (Phi) is 5.73. The SMILES string of the molecule is Cc1c(C(=O)N2CCN(S(=O)(=O)/C=C/c3ccccc3)CC2)sc2cccc(F)c12. The van der Waals surface area contributed by atoms with E-state index in [0.29, 0.717) is 28.9 Å². The van der Waals surface area contributed by atoms with Gasteiger partial charge >= 0.3 is 0 Å². The van der Waals surface area contributed by atoms with E-state index in [9.17, 15) is 17.6 Å². The Morgan fingerprint density at radius 2 is 1.73 bits per heavy atom. The van der Waals surface area contributed by atoms with Crippen molar-refractivity contribution in [1.82, 2.24) is 9.21 Å². The molecule has 30 heavy (non-hydrogen) atoms. The molecule has 0 spiro atoms. The molecule has 0 unspecified atom stereocenters. The number of hydrogen-bond acceptors (Lipinski definition) is 4. The summed E-state index contributed by atoms with van der Waals surface area (Å²) >= 11 is 1.28. The van der Waals surface area contributed by atoms with Gasteiger partial charge in [0.25, 0.3) is 5.91 Å². The molecule has 0 atom stereocenters. The van der Waals surface area contributed by atoms with Crippen molar-refractivity contribution in [2.45, 2.75) is 6.92 Å². The molecule has 5 nitrogen and oxygen atoms in total. The van der Waals surface area contributed by atoms with Crippen molar-refractivity contribution in [1.29, 1.82) is 0 Å². The van der Waals surface area contributed by atoms with E-state index in [1.165, 1.54) is 27.1 Å². The average molecular weight is 445 g/mol. The molecule has 1 amide bonds. The second-order valence-corrected chi connectivity index (χ2v) is 9.99. The maximum absolute atomic E-state index is 14.1. The van der Waals surface area contributed by atoms with Crippen molar-refractivity contribution < 1.29 is 17.6 Å². The van der Waals surface area contributed by atoms with Crippen molar-refractivity contribution >= 4 is 43.4 Å². The number of rotatable bonds is 4. The monoisotopic (exact) mass is 444 g/mol. The maximum Gasteiger partial charge on any atom is 0.264 e. The first-order valence-electron chi connectivity index (χ1n) is 9.57. The van der Waals surface area contributed by atoms with Crippen LogP contribution in [0.25, 0.3) is 16.2 Å². The average Bonchev–Trinajstić information content (AvgIpc) is 3.10. The van der Waals surface area contributed by atoms with Crippen LogP contribution in [0, 0.1) is 12.7 Å². The number of hydrogen-bond donors (Lipinski definition) is 0. The van der Waals surface area contributed by atoms with Crippen molar-refractivity contribution in [3.05, 3.63) is 75.8 Å². The molecule has 2 aromatic carbocycles. The Morgan fingerprint density at radius 1 is 1.03 bits per heavy atom. The number of sulfonamides is 1. The summed E-state index contributed by atoms with van der Waals surface area (Å²) in [4.78, 5) is 15.2. The van der Waals surface area contributed by atoms with Crippen LogP contribution in [0.5, 0.6) is 0 Å². The molecular weight excluding hydrogens is 423 g/mol. The second kappa shape index (κ2) is 8.29. The van der Waals surface area contributed by atoms with Crippen LogP contribution in [0.15, 0.2) is 53.9 Å². The van der Waals surface area contributed by atoms with Gasteiger partial charge in [-0.25, -0.2) is 12.8 Å². The molecule has 8 heteroatoms. The van der Waals surface area contributed by atoms with Crippen LogP contribution in [-0.4, -0.2) is 49.7 Å². The van der Waals surface area contributed by atoms with Gasteiger partial charge in [-0.1, -0.05) is 36.4 Å². The number of amides is 1. The molecule has 0 saturated carbocycles. The summed E-state index contributed by atoms with van der Waals surface area (Å²) in [5.41, 5.74) is 1.45. The normalized spacial score (nSPS) is 15.9.